The minimum absolute atomic E-state index is 0.00698. The fourth-order valence-electron chi connectivity index (χ4n) is 2.72. The molecule has 13 N–H and O–H groups in total. The van der Waals surface area contributed by atoms with Crippen LogP contribution in [-0.2, 0) is 24.0 Å². The lowest BCUT2D eigenvalue weighted by Crippen LogP contribution is -2.57. The molecule has 15 heteroatoms. The number of nitrogens with two attached hydrogens (primary N) is 4. The Balaban J connectivity index is 5.39. The van der Waals surface area contributed by atoms with Crippen LogP contribution >= 0.6 is 0 Å². The van der Waals surface area contributed by atoms with E-state index in [2.05, 4.69) is 20.9 Å². The average Bonchev–Trinajstić information content (AvgIpc) is 2.74. The van der Waals surface area contributed by atoms with Gasteiger partial charge in [-0.15, -0.1) is 0 Å². The zero-order valence-corrected chi connectivity index (χ0v) is 19.2. The highest BCUT2D eigenvalue weighted by molar-refractivity contribution is 5.95. The van der Waals surface area contributed by atoms with E-state index in [9.17, 15) is 24.0 Å². The largest absolute Gasteiger partial charge is 0.481 e. The molecule has 0 aromatic heterocycles. The van der Waals surface area contributed by atoms with Gasteiger partial charge in [0.2, 0.25) is 17.7 Å². The van der Waals surface area contributed by atoms with Gasteiger partial charge in [-0.05, 0) is 39.2 Å². The Morgan fingerprint density at radius 3 is 1.97 bits per heavy atom. The van der Waals surface area contributed by atoms with Gasteiger partial charge in [-0.25, -0.2) is 0 Å². The maximum absolute atomic E-state index is 12.8. The van der Waals surface area contributed by atoms with Gasteiger partial charge in [-0.1, -0.05) is 6.42 Å². The zero-order valence-electron chi connectivity index (χ0n) is 19.2. The van der Waals surface area contributed by atoms with Crippen molar-refractivity contribution in [3.05, 3.63) is 0 Å². The number of nitrogens with zero attached hydrogens (tertiary/aromatic N) is 1. The highest BCUT2D eigenvalue weighted by Gasteiger charge is 2.30. The monoisotopic (exact) mass is 488 g/mol. The molecular weight excluding hydrogens is 452 g/mol. The molecule has 0 bridgehead atoms. The van der Waals surface area contributed by atoms with Gasteiger partial charge in [0.15, 0.2) is 5.96 Å². The Bertz CT molecular complexity index is 742. The summed E-state index contributed by atoms with van der Waals surface area (Å²) in [6.07, 6.45) is 0.979. The molecular formula is C19H36N8O7. The molecule has 0 radical (unpaired) electrons. The fourth-order valence-corrected chi connectivity index (χ4v) is 2.72. The Labute approximate surface area is 197 Å². The number of carbonyl (C=O) groups is 5. The number of carbonyl (C=O) groups excluding carboxylic acids is 3. The van der Waals surface area contributed by atoms with Gasteiger partial charge in [0.05, 0.1) is 12.5 Å². The number of aliphatic imine (C=N–C) groups is 1. The lowest BCUT2D eigenvalue weighted by Gasteiger charge is -2.24. The number of aliphatic carboxylic acids is 2. The van der Waals surface area contributed by atoms with Crippen molar-refractivity contribution in [3.63, 3.8) is 0 Å². The second-order valence-corrected chi connectivity index (χ2v) is 7.63. The second kappa shape index (κ2) is 16.2. The van der Waals surface area contributed by atoms with Crippen molar-refractivity contribution in [1.82, 2.24) is 16.0 Å². The molecule has 4 atom stereocenters. The molecule has 0 rings (SSSR count). The van der Waals surface area contributed by atoms with Gasteiger partial charge >= 0.3 is 11.9 Å². The van der Waals surface area contributed by atoms with Crippen LogP contribution in [0.5, 0.6) is 0 Å². The average molecular weight is 489 g/mol. The van der Waals surface area contributed by atoms with Crippen LogP contribution in [-0.4, -0.2) is 83.1 Å². The molecule has 0 aliphatic rings. The normalized spacial score (nSPS) is 14.1. The third kappa shape index (κ3) is 13.2. The van der Waals surface area contributed by atoms with E-state index in [-0.39, 0.29) is 31.8 Å². The molecule has 0 aliphatic carbocycles. The zero-order chi connectivity index (χ0) is 26.3. The summed E-state index contributed by atoms with van der Waals surface area (Å²) in [4.78, 5) is 63.7. The van der Waals surface area contributed by atoms with Crippen molar-refractivity contribution in [2.45, 2.75) is 69.6 Å². The van der Waals surface area contributed by atoms with Crippen molar-refractivity contribution in [3.8, 4) is 0 Å². The number of guanidine groups is 1. The third-order valence-corrected chi connectivity index (χ3v) is 4.63. The van der Waals surface area contributed by atoms with E-state index in [1.165, 1.54) is 6.92 Å². The lowest BCUT2D eigenvalue weighted by atomic mass is 10.1. The van der Waals surface area contributed by atoms with Crippen LogP contribution in [0, 0.1) is 0 Å². The van der Waals surface area contributed by atoms with Gasteiger partial charge in [-0.2, -0.15) is 0 Å². The summed E-state index contributed by atoms with van der Waals surface area (Å²) < 4.78 is 0. The summed E-state index contributed by atoms with van der Waals surface area (Å²) in [7, 11) is 0. The number of carboxylic acids is 2. The quantitative estimate of drug-likeness (QED) is 0.0550. The van der Waals surface area contributed by atoms with Crippen molar-refractivity contribution in [1.29, 1.82) is 0 Å². The van der Waals surface area contributed by atoms with Crippen molar-refractivity contribution in [2.24, 2.45) is 27.9 Å². The maximum atomic E-state index is 12.8. The molecule has 4 unspecified atom stereocenters. The SMILES string of the molecule is CC(NC(=O)C(CCCN=C(N)N)NC(=O)C(CC(=O)O)NC(=O)C(N)CCCCN)C(=O)O. The van der Waals surface area contributed by atoms with Gasteiger partial charge in [0.1, 0.15) is 18.1 Å². The molecule has 0 spiro atoms. The first-order chi connectivity index (χ1) is 15.9. The molecule has 3 amide bonds. The van der Waals surface area contributed by atoms with Gasteiger partial charge in [0, 0.05) is 6.54 Å². The van der Waals surface area contributed by atoms with Crippen LogP contribution in [0.2, 0.25) is 0 Å². The predicted octanol–water partition coefficient (Wildman–Crippen LogP) is -3.47. The van der Waals surface area contributed by atoms with E-state index in [1.807, 2.05) is 0 Å². The van der Waals surface area contributed by atoms with Crippen LogP contribution < -0.4 is 38.9 Å². The first-order valence-corrected chi connectivity index (χ1v) is 10.8. The number of amides is 3. The number of nitrogens with one attached hydrogen (secondary N) is 3. The molecule has 0 fully saturated rings. The summed E-state index contributed by atoms with van der Waals surface area (Å²) in [5.41, 5.74) is 21.7. The summed E-state index contributed by atoms with van der Waals surface area (Å²) in [6, 6.07) is -4.98. The number of hydrogen-bond donors (Lipinski definition) is 9. The number of hydrogen-bond acceptors (Lipinski definition) is 8. The summed E-state index contributed by atoms with van der Waals surface area (Å²) >= 11 is 0. The topological polar surface area (TPSA) is 278 Å². The highest BCUT2D eigenvalue weighted by atomic mass is 16.4. The smallest absolute Gasteiger partial charge is 0.325 e. The van der Waals surface area contributed by atoms with Crippen LogP contribution in [0.15, 0.2) is 4.99 Å². The standard InChI is InChI=1S/C19H36N8O7/c1-10(18(33)34)25-16(31)12(6-4-8-24-19(22)23)26-17(32)13(9-14(28)29)27-15(30)11(21)5-2-3-7-20/h10-13H,2-9,20-21H2,1H3,(H,25,31)(H,26,32)(H,27,30)(H,28,29)(H,33,34)(H4,22,23,24). The number of unbranched alkanes of at least 4 members (excludes halogenated alkanes) is 1. The van der Waals surface area contributed by atoms with E-state index in [1.54, 1.807) is 0 Å². The molecule has 0 heterocycles. The Kier molecular flexibility index (Phi) is 14.6. The highest BCUT2D eigenvalue weighted by Crippen LogP contribution is 2.04. The Morgan fingerprint density at radius 1 is 0.853 bits per heavy atom. The summed E-state index contributed by atoms with van der Waals surface area (Å²) in [5.74, 6) is -5.33. The Morgan fingerprint density at radius 2 is 1.44 bits per heavy atom. The molecule has 15 nitrogen and oxygen atoms in total. The maximum Gasteiger partial charge on any atom is 0.325 e. The summed E-state index contributed by atoms with van der Waals surface area (Å²) in [6.45, 7) is 1.78. The van der Waals surface area contributed by atoms with E-state index < -0.39 is 60.2 Å². The first kappa shape index (κ1) is 30.5. The fraction of sp³-hybridized carbons (Fsp3) is 0.684. The first-order valence-electron chi connectivity index (χ1n) is 10.8. The molecule has 0 saturated carbocycles. The van der Waals surface area contributed by atoms with E-state index in [0.717, 1.165) is 0 Å². The van der Waals surface area contributed by atoms with Gasteiger partial charge in [-0.3, -0.25) is 29.0 Å². The number of carboxylic acid groups (broad SMARTS) is 2. The van der Waals surface area contributed by atoms with Gasteiger partial charge in [0.25, 0.3) is 0 Å². The summed E-state index contributed by atoms with van der Waals surface area (Å²) in [5, 5.41) is 25.0. The minimum atomic E-state index is -1.52. The van der Waals surface area contributed by atoms with Crippen LogP contribution in [0.1, 0.15) is 45.4 Å². The Hall–Kier alpha value is -3.46. The van der Waals surface area contributed by atoms with Crippen molar-refractivity contribution < 1.29 is 34.2 Å². The van der Waals surface area contributed by atoms with Crippen LogP contribution in [0.3, 0.4) is 0 Å². The lowest BCUT2D eigenvalue weighted by molar-refractivity contribution is -0.143. The van der Waals surface area contributed by atoms with Crippen molar-refractivity contribution in [2.75, 3.05) is 13.1 Å². The van der Waals surface area contributed by atoms with E-state index in [0.29, 0.717) is 19.4 Å². The second-order valence-electron chi connectivity index (χ2n) is 7.63. The molecule has 0 aromatic carbocycles. The predicted molar refractivity (Wildman–Crippen MR) is 122 cm³/mol. The third-order valence-electron chi connectivity index (χ3n) is 4.63. The molecule has 34 heavy (non-hydrogen) atoms. The van der Waals surface area contributed by atoms with Crippen molar-refractivity contribution >= 4 is 35.6 Å². The molecule has 0 aromatic rings. The van der Waals surface area contributed by atoms with E-state index in [4.69, 9.17) is 33.1 Å². The number of rotatable bonds is 17. The van der Waals surface area contributed by atoms with Gasteiger partial charge < -0.3 is 49.1 Å². The van der Waals surface area contributed by atoms with Crippen LogP contribution in [0.4, 0.5) is 0 Å². The van der Waals surface area contributed by atoms with Crippen LogP contribution in [0.25, 0.3) is 0 Å². The molecule has 0 saturated heterocycles. The minimum Gasteiger partial charge on any atom is -0.481 e. The molecule has 0 aliphatic heterocycles. The molecule has 194 valence electrons. The van der Waals surface area contributed by atoms with E-state index >= 15 is 0 Å².